The van der Waals surface area contributed by atoms with Crippen LogP contribution in [0.4, 0.5) is 0 Å². The summed E-state index contributed by atoms with van der Waals surface area (Å²) in [6.07, 6.45) is 7.38. The SMILES string of the molecule is Cc1ccoc1C(=O)NC[C@H]1CCn2ccnc2C1. The van der Waals surface area contributed by atoms with E-state index in [9.17, 15) is 4.79 Å². The van der Waals surface area contributed by atoms with E-state index in [-0.39, 0.29) is 5.91 Å². The molecule has 2 aromatic heterocycles. The lowest BCUT2D eigenvalue weighted by atomic mass is 9.98. The molecular weight excluding hydrogens is 242 g/mol. The van der Waals surface area contributed by atoms with Crippen molar-refractivity contribution < 1.29 is 9.21 Å². The Hall–Kier alpha value is -2.04. The summed E-state index contributed by atoms with van der Waals surface area (Å²) < 4.78 is 7.36. The molecule has 1 N–H and O–H groups in total. The van der Waals surface area contributed by atoms with E-state index in [1.807, 2.05) is 19.3 Å². The molecule has 1 aliphatic rings. The van der Waals surface area contributed by atoms with E-state index in [1.165, 1.54) is 0 Å². The number of hydrogen-bond acceptors (Lipinski definition) is 3. The molecule has 1 amide bonds. The minimum absolute atomic E-state index is 0.128. The van der Waals surface area contributed by atoms with Gasteiger partial charge in [0.15, 0.2) is 5.76 Å². The number of furan rings is 1. The van der Waals surface area contributed by atoms with Gasteiger partial charge in [-0.05, 0) is 25.3 Å². The number of carbonyl (C=O) groups excluding carboxylic acids is 1. The fourth-order valence-corrected chi connectivity index (χ4v) is 2.51. The topological polar surface area (TPSA) is 60.1 Å². The third kappa shape index (κ3) is 2.41. The van der Waals surface area contributed by atoms with Crippen molar-refractivity contribution in [3.63, 3.8) is 0 Å². The molecule has 19 heavy (non-hydrogen) atoms. The van der Waals surface area contributed by atoms with Crippen molar-refractivity contribution in [1.82, 2.24) is 14.9 Å². The van der Waals surface area contributed by atoms with E-state index >= 15 is 0 Å². The molecule has 0 unspecified atom stereocenters. The van der Waals surface area contributed by atoms with Crippen molar-refractivity contribution in [3.05, 3.63) is 41.9 Å². The molecule has 1 atom stereocenters. The molecule has 5 heteroatoms. The highest BCUT2D eigenvalue weighted by molar-refractivity contribution is 5.92. The highest BCUT2D eigenvalue weighted by Crippen LogP contribution is 2.18. The smallest absolute Gasteiger partial charge is 0.287 e. The Kier molecular flexibility index (Phi) is 3.11. The zero-order valence-corrected chi connectivity index (χ0v) is 10.9. The summed E-state index contributed by atoms with van der Waals surface area (Å²) >= 11 is 0. The maximum atomic E-state index is 11.9. The Bertz CT molecular complexity index is 585. The number of aromatic nitrogens is 2. The third-order valence-corrected chi connectivity index (χ3v) is 3.67. The van der Waals surface area contributed by atoms with E-state index in [0.717, 1.165) is 30.8 Å². The number of amides is 1. The van der Waals surface area contributed by atoms with E-state index in [4.69, 9.17) is 4.42 Å². The summed E-state index contributed by atoms with van der Waals surface area (Å²) in [6.45, 7) is 3.53. The minimum atomic E-state index is -0.128. The van der Waals surface area contributed by atoms with Crippen molar-refractivity contribution in [2.45, 2.75) is 26.3 Å². The zero-order valence-electron chi connectivity index (χ0n) is 10.9. The fourth-order valence-electron chi connectivity index (χ4n) is 2.51. The number of fused-ring (bicyclic) bond motifs is 1. The zero-order chi connectivity index (χ0) is 13.2. The molecule has 3 rings (SSSR count). The predicted octanol–water partition coefficient (Wildman–Crippen LogP) is 1.78. The van der Waals surface area contributed by atoms with Gasteiger partial charge in [0.05, 0.1) is 6.26 Å². The van der Waals surface area contributed by atoms with Gasteiger partial charge in [-0.25, -0.2) is 4.98 Å². The Morgan fingerprint density at radius 1 is 1.63 bits per heavy atom. The number of imidazole rings is 1. The average Bonchev–Trinajstić information content (AvgIpc) is 3.03. The van der Waals surface area contributed by atoms with Gasteiger partial charge in [-0.2, -0.15) is 0 Å². The summed E-state index contributed by atoms with van der Waals surface area (Å²) in [5.74, 6) is 1.85. The fraction of sp³-hybridized carbons (Fsp3) is 0.429. The van der Waals surface area contributed by atoms with Crippen LogP contribution in [0.5, 0.6) is 0 Å². The number of rotatable bonds is 3. The first-order valence-corrected chi connectivity index (χ1v) is 6.56. The van der Waals surface area contributed by atoms with Gasteiger partial charge in [0.25, 0.3) is 5.91 Å². The van der Waals surface area contributed by atoms with E-state index < -0.39 is 0 Å². The van der Waals surface area contributed by atoms with Gasteiger partial charge in [-0.3, -0.25) is 4.79 Å². The maximum absolute atomic E-state index is 11.9. The molecule has 0 radical (unpaired) electrons. The van der Waals surface area contributed by atoms with Crippen molar-refractivity contribution >= 4 is 5.91 Å². The normalized spacial score (nSPS) is 18.1. The van der Waals surface area contributed by atoms with Crippen LogP contribution in [0.3, 0.4) is 0 Å². The standard InChI is InChI=1S/C14H17N3O2/c1-10-3-7-19-13(10)14(18)16-9-11-2-5-17-6-4-15-12(17)8-11/h3-4,6-7,11H,2,5,8-9H2,1H3,(H,16,18)/t11-/m0/s1. The van der Waals surface area contributed by atoms with Gasteiger partial charge in [-0.15, -0.1) is 0 Å². The highest BCUT2D eigenvalue weighted by Gasteiger charge is 2.20. The van der Waals surface area contributed by atoms with Gasteiger partial charge >= 0.3 is 0 Å². The number of aryl methyl sites for hydroxylation is 2. The molecule has 5 nitrogen and oxygen atoms in total. The van der Waals surface area contributed by atoms with Crippen LogP contribution in [0.2, 0.25) is 0 Å². The monoisotopic (exact) mass is 259 g/mol. The lowest BCUT2D eigenvalue weighted by Crippen LogP contribution is -2.33. The number of carbonyl (C=O) groups is 1. The maximum Gasteiger partial charge on any atom is 0.287 e. The largest absolute Gasteiger partial charge is 0.459 e. The van der Waals surface area contributed by atoms with Crippen molar-refractivity contribution in [3.8, 4) is 0 Å². The van der Waals surface area contributed by atoms with Crippen LogP contribution < -0.4 is 5.32 Å². The molecule has 0 saturated carbocycles. The lowest BCUT2D eigenvalue weighted by molar-refractivity contribution is 0.0916. The number of nitrogens with one attached hydrogen (secondary N) is 1. The van der Waals surface area contributed by atoms with Gasteiger partial charge in [-0.1, -0.05) is 0 Å². The van der Waals surface area contributed by atoms with Crippen LogP contribution >= 0.6 is 0 Å². The molecular formula is C14H17N3O2. The van der Waals surface area contributed by atoms with Crippen LogP contribution in [0.1, 0.15) is 28.4 Å². The number of hydrogen-bond donors (Lipinski definition) is 1. The van der Waals surface area contributed by atoms with E-state index in [2.05, 4.69) is 14.9 Å². The summed E-state index contributed by atoms with van der Waals surface area (Å²) in [7, 11) is 0. The number of nitrogens with zero attached hydrogens (tertiary/aromatic N) is 2. The second-order valence-electron chi connectivity index (χ2n) is 5.04. The molecule has 100 valence electrons. The lowest BCUT2D eigenvalue weighted by Gasteiger charge is -2.23. The van der Waals surface area contributed by atoms with Crippen LogP contribution in [0.25, 0.3) is 0 Å². The molecule has 0 spiro atoms. The Morgan fingerprint density at radius 3 is 3.32 bits per heavy atom. The average molecular weight is 259 g/mol. The van der Waals surface area contributed by atoms with Crippen LogP contribution in [0.15, 0.2) is 29.1 Å². The van der Waals surface area contributed by atoms with E-state index in [1.54, 1.807) is 12.3 Å². The summed E-state index contributed by atoms with van der Waals surface area (Å²) in [5.41, 5.74) is 0.872. The molecule has 0 aliphatic carbocycles. The molecule has 0 saturated heterocycles. The first-order valence-electron chi connectivity index (χ1n) is 6.56. The van der Waals surface area contributed by atoms with Crippen molar-refractivity contribution in [2.75, 3.05) is 6.54 Å². The highest BCUT2D eigenvalue weighted by atomic mass is 16.3. The summed E-state index contributed by atoms with van der Waals surface area (Å²) in [5, 5.41) is 2.95. The van der Waals surface area contributed by atoms with Gasteiger partial charge in [0.1, 0.15) is 5.82 Å². The van der Waals surface area contributed by atoms with Crippen LogP contribution in [-0.2, 0) is 13.0 Å². The molecule has 1 aliphatic heterocycles. The molecule has 3 heterocycles. The van der Waals surface area contributed by atoms with Gasteiger partial charge in [0, 0.05) is 37.5 Å². The molecule has 0 fully saturated rings. The summed E-state index contributed by atoms with van der Waals surface area (Å²) in [4.78, 5) is 16.3. The first kappa shape index (κ1) is 12.0. The van der Waals surface area contributed by atoms with E-state index in [0.29, 0.717) is 18.2 Å². The van der Waals surface area contributed by atoms with Gasteiger partial charge < -0.3 is 14.3 Å². The Morgan fingerprint density at radius 2 is 2.53 bits per heavy atom. The van der Waals surface area contributed by atoms with Crippen LogP contribution in [-0.4, -0.2) is 22.0 Å². The first-order chi connectivity index (χ1) is 9.24. The third-order valence-electron chi connectivity index (χ3n) is 3.67. The van der Waals surface area contributed by atoms with Crippen LogP contribution in [0, 0.1) is 12.8 Å². The molecule has 0 bridgehead atoms. The Labute approximate surface area is 111 Å². The van der Waals surface area contributed by atoms with Crippen molar-refractivity contribution in [1.29, 1.82) is 0 Å². The molecule has 0 aromatic carbocycles. The molecule has 2 aromatic rings. The second-order valence-corrected chi connectivity index (χ2v) is 5.04. The summed E-state index contributed by atoms with van der Waals surface area (Å²) in [6, 6.07) is 1.80. The van der Waals surface area contributed by atoms with Gasteiger partial charge in [0.2, 0.25) is 0 Å². The second kappa shape index (κ2) is 4.91. The Balaban J connectivity index is 1.56. The minimum Gasteiger partial charge on any atom is -0.459 e. The quantitative estimate of drug-likeness (QED) is 0.914. The van der Waals surface area contributed by atoms with Crippen molar-refractivity contribution in [2.24, 2.45) is 5.92 Å². The predicted molar refractivity (Wildman–Crippen MR) is 69.8 cm³/mol.